The maximum Gasteiger partial charge on any atom is 0.123 e. The summed E-state index contributed by atoms with van der Waals surface area (Å²) in [6.45, 7) is 0.200. The lowest BCUT2D eigenvalue weighted by Gasteiger charge is -2.33. The van der Waals surface area contributed by atoms with E-state index < -0.39 is 0 Å². The van der Waals surface area contributed by atoms with E-state index in [2.05, 4.69) is 4.90 Å². The van der Waals surface area contributed by atoms with Crippen LogP contribution in [0.4, 0.5) is 0 Å². The average Bonchev–Trinajstić information content (AvgIpc) is 3.10. The summed E-state index contributed by atoms with van der Waals surface area (Å²) in [6, 6.07) is 5.80. The van der Waals surface area contributed by atoms with Crippen molar-refractivity contribution in [2.45, 2.75) is 18.9 Å². The molecule has 1 fully saturated rings. The van der Waals surface area contributed by atoms with Gasteiger partial charge in [0.05, 0.1) is 13.7 Å². The second kappa shape index (κ2) is 5.08. The molecule has 4 heteroatoms. The number of hydrogen-bond donors (Lipinski definition) is 1. The standard InChI is InChI=1S/C14H20ClNO2/c1-16(2)13(14(9-17)6-7-14)11-8-10(15)4-5-12(11)18-3/h4-5,8,13,17H,6-7,9H2,1-3H3. The van der Waals surface area contributed by atoms with Gasteiger partial charge in [-0.05, 0) is 45.1 Å². The number of rotatable bonds is 5. The highest BCUT2D eigenvalue weighted by atomic mass is 35.5. The van der Waals surface area contributed by atoms with Crippen LogP contribution >= 0.6 is 11.6 Å². The fourth-order valence-corrected chi connectivity index (χ4v) is 2.93. The monoisotopic (exact) mass is 269 g/mol. The van der Waals surface area contributed by atoms with Crippen LogP contribution in [0.3, 0.4) is 0 Å². The Labute approximate surface area is 113 Å². The van der Waals surface area contributed by atoms with Crippen molar-refractivity contribution in [1.82, 2.24) is 4.90 Å². The van der Waals surface area contributed by atoms with Gasteiger partial charge in [0.1, 0.15) is 5.75 Å². The lowest BCUT2D eigenvalue weighted by Crippen LogP contribution is -2.31. The minimum atomic E-state index is -0.0402. The Morgan fingerprint density at radius 3 is 2.56 bits per heavy atom. The van der Waals surface area contributed by atoms with Gasteiger partial charge in [0.2, 0.25) is 0 Å². The molecular weight excluding hydrogens is 250 g/mol. The van der Waals surface area contributed by atoms with Crippen LogP contribution in [-0.2, 0) is 0 Å². The minimum Gasteiger partial charge on any atom is -0.496 e. The molecule has 0 aliphatic heterocycles. The lowest BCUT2D eigenvalue weighted by molar-refractivity contribution is 0.114. The van der Waals surface area contributed by atoms with E-state index in [1.807, 2.05) is 32.3 Å². The van der Waals surface area contributed by atoms with E-state index in [1.54, 1.807) is 7.11 Å². The zero-order chi connectivity index (χ0) is 13.3. The molecule has 1 aromatic carbocycles. The first-order valence-electron chi connectivity index (χ1n) is 6.15. The van der Waals surface area contributed by atoms with Crippen LogP contribution in [0.1, 0.15) is 24.4 Å². The van der Waals surface area contributed by atoms with E-state index in [0.717, 1.165) is 24.2 Å². The molecule has 0 saturated heterocycles. The van der Waals surface area contributed by atoms with E-state index in [-0.39, 0.29) is 18.1 Å². The van der Waals surface area contributed by atoms with Crippen molar-refractivity contribution < 1.29 is 9.84 Å². The number of benzene rings is 1. The predicted octanol–water partition coefficient (Wildman–Crippen LogP) is 2.72. The third-order valence-electron chi connectivity index (χ3n) is 3.79. The van der Waals surface area contributed by atoms with Gasteiger partial charge in [-0.3, -0.25) is 0 Å². The van der Waals surface area contributed by atoms with Gasteiger partial charge in [-0.25, -0.2) is 0 Å². The zero-order valence-electron chi connectivity index (χ0n) is 11.1. The van der Waals surface area contributed by atoms with Crippen molar-refractivity contribution in [2.75, 3.05) is 27.8 Å². The number of ether oxygens (including phenoxy) is 1. The van der Waals surface area contributed by atoms with Crippen LogP contribution in [0, 0.1) is 5.41 Å². The number of methoxy groups -OCH3 is 1. The summed E-state index contributed by atoms with van der Waals surface area (Å²) < 4.78 is 5.43. The Balaban J connectivity index is 2.46. The molecular formula is C14H20ClNO2. The van der Waals surface area contributed by atoms with E-state index in [0.29, 0.717) is 5.02 Å². The SMILES string of the molecule is COc1ccc(Cl)cc1C(N(C)C)C1(CO)CC1. The summed E-state index contributed by atoms with van der Waals surface area (Å²) in [5.41, 5.74) is 1.02. The van der Waals surface area contributed by atoms with E-state index in [4.69, 9.17) is 16.3 Å². The van der Waals surface area contributed by atoms with Crippen molar-refractivity contribution in [3.8, 4) is 5.75 Å². The molecule has 0 heterocycles. The molecule has 0 aromatic heterocycles. The minimum absolute atomic E-state index is 0.0402. The fourth-order valence-electron chi connectivity index (χ4n) is 2.75. The van der Waals surface area contributed by atoms with E-state index in [9.17, 15) is 5.11 Å². The first-order valence-corrected chi connectivity index (χ1v) is 6.52. The maximum atomic E-state index is 9.67. The molecule has 1 N–H and O–H groups in total. The highest BCUT2D eigenvalue weighted by Gasteiger charge is 2.51. The van der Waals surface area contributed by atoms with Gasteiger partial charge >= 0.3 is 0 Å². The Morgan fingerprint density at radius 1 is 1.44 bits per heavy atom. The molecule has 1 unspecified atom stereocenters. The Morgan fingerprint density at radius 2 is 2.11 bits per heavy atom. The molecule has 1 aromatic rings. The van der Waals surface area contributed by atoms with Gasteiger partial charge in [-0.2, -0.15) is 0 Å². The van der Waals surface area contributed by atoms with Crippen LogP contribution in [0.25, 0.3) is 0 Å². The number of aliphatic hydroxyl groups excluding tert-OH is 1. The molecule has 0 spiro atoms. The number of hydrogen-bond acceptors (Lipinski definition) is 3. The molecule has 1 atom stereocenters. The molecule has 1 saturated carbocycles. The summed E-state index contributed by atoms with van der Waals surface area (Å²) in [4.78, 5) is 2.14. The van der Waals surface area contributed by atoms with Gasteiger partial charge in [0, 0.05) is 22.0 Å². The Bertz CT molecular complexity index is 430. The van der Waals surface area contributed by atoms with Gasteiger partial charge in [0.25, 0.3) is 0 Å². The molecule has 100 valence electrons. The van der Waals surface area contributed by atoms with E-state index in [1.165, 1.54) is 0 Å². The highest BCUT2D eigenvalue weighted by molar-refractivity contribution is 6.30. The number of halogens is 1. The third kappa shape index (κ3) is 2.35. The molecule has 2 rings (SSSR count). The lowest BCUT2D eigenvalue weighted by atomic mass is 9.89. The zero-order valence-corrected chi connectivity index (χ0v) is 11.9. The van der Waals surface area contributed by atoms with Crippen LogP contribution in [0.5, 0.6) is 5.75 Å². The molecule has 0 bridgehead atoms. The summed E-state index contributed by atoms with van der Waals surface area (Å²) in [5, 5.41) is 10.4. The second-order valence-corrected chi connectivity index (χ2v) is 5.71. The summed E-state index contributed by atoms with van der Waals surface area (Å²) in [5.74, 6) is 0.831. The van der Waals surface area contributed by atoms with Gasteiger partial charge < -0.3 is 14.7 Å². The molecule has 1 aliphatic rings. The van der Waals surface area contributed by atoms with Gasteiger partial charge in [-0.1, -0.05) is 11.6 Å². The third-order valence-corrected chi connectivity index (χ3v) is 4.03. The van der Waals surface area contributed by atoms with Crippen LogP contribution in [-0.4, -0.2) is 37.8 Å². The number of nitrogens with zero attached hydrogens (tertiary/aromatic N) is 1. The van der Waals surface area contributed by atoms with Crippen molar-refractivity contribution in [3.63, 3.8) is 0 Å². The van der Waals surface area contributed by atoms with Crippen molar-refractivity contribution >= 4 is 11.6 Å². The topological polar surface area (TPSA) is 32.7 Å². The Hall–Kier alpha value is -0.770. The van der Waals surface area contributed by atoms with Crippen molar-refractivity contribution in [3.05, 3.63) is 28.8 Å². The van der Waals surface area contributed by atoms with Gasteiger partial charge in [-0.15, -0.1) is 0 Å². The summed E-state index contributed by atoms with van der Waals surface area (Å²) in [7, 11) is 5.72. The smallest absolute Gasteiger partial charge is 0.123 e. The quantitative estimate of drug-likeness (QED) is 0.892. The predicted molar refractivity (Wildman–Crippen MR) is 73.2 cm³/mol. The first kappa shape index (κ1) is 13.7. The fraction of sp³-hybridized carbons (Fsp3) is 0.571. The van der Waals surface area contributed by atoms with Crippen LogP contribution in [0.2, 0.25) is 5.02 Å². The molecule has 3 nitrogen and oxygen atoms in total. The molecule has 18 heavy (non-hydrogen) atoms. The summed E-state index contributed by atoms with van der Waals surface area (Å²) >= 11 is 6.10. The number of aliphatic hydroxyl groups is 1. The van der Waals surface area contributed by atoms with E-state index >= 15 is 0 Å². The largest absolute Gasteiger partial charge is 0.496 e. The highest BCUT2D eigenvalue weighted by Crippen LogP contribution is 2.57. The molecule has 1 aliphatic carbocycles. The normalized spacial score (nSPS) is 18.8. The first-order chi connectivity index (χ1) is 8.54. The molecule has 0 radical (unpaired) electrons. The molecule has 0 amide bonds. The van der Waals surface area contributed by atoms with Gasteiger partial charge in [0.15, 0.2) is 0 Å². The van der Waals surface area contributed by atoms with Crippen molar-refractivity contribution in [1.29, 1.82) is 0 Å². The van der Waals surface area contributed by atoms with Crippen LogP contribution in [0.15, 0.2) is 18.2 Å². The maximum absolute atomic E-state index is 9.67. The Kier molecular flexibility index (Phi) is 3.85. The van der Waals surface area contributed by atoms with Crippen molar-refractivity contribution in [2.24, 2.45) is 5.41 Å². The summed E-state index contributed by atoms with van der Waals surface area (Å²) in [6.07, 6.45) is 2.09. The van der Waals surface area contributed by atoms with Crippen LogP contribution < -0.4 is 4.74 Å². The second-order valence-electron chi connectivity index (χ2n) is 5.27. The average molecular weight is 270 g/mol.